The highest BCUT2D eigenvalue weighted by Gasteiger charge is 2.28. The van der Waals surface area contributed by atoms with Crippen molar-refractivity contribution < 1.29 is 0 Å². The number of fused-ring (bicyclic) bond motifs is 1. The van der Waals surface area contributed by atoms with Gasteiger partial charge in [0.15, 0.2) is 5.82 Å². The van der Waals surface area contributed by atoms with Crippen molar-refractivity contribution in [1.29, 1.82) is 5.26 Å². The van der Waals surface area contributed by atoms with E-state index >= 15 is 0 Å². The number of pyridine rings is 1. The van der Waals surface area contributed by atoms with E-state index in [1.165, 1.54) is 24.1 Å². The number of nitrogens with one attached hydrogen (secondary N) is 1. The Balaban J connectivity index is 1.29. The first-order valence-electron chi connectivity index (χ1n) is 8.52. The summed E-state index contributed by atoms with van der Waals surface area (Å²) in [4.78, 5) is 6.53. The first kappa shape index (κ1) is 14.9. The zero-order valence-corrected chi connectivity index (χ0v) is 13.6. The van der Waals surface area contributed by atoms with E-state index in [0.29, 0.717) is 11.5 Å². The molecule has 1 aliphatic heterocycles. The lowest BCUT2D eigenvalue weighted by Crippen LogP contribution is -2.50. The second kappa shape index (κ2) is 6.44. The van der Waals surface area contributed by atoms with Crippen LogP contribution < -0.4 is 10.2 Å². The van der Waals surface area contributed by atoms with Crippen molar-refractivity contribution >= 4 is 11.6 Å². The quantitative estimate of drug-likeness (QED) is 0.930. The minimum absolute atomic E-state index is 0.584. The summed E-state index contributed by atoms with van der Waals surface area (Å²) < 4.78 is 0. The molecule has 0 aromatic carbocycles. The molecule has 0 radical (unpaired) electrons. The fourth-order valence-electron chi connectivity index (χ4n) is 3.33. The Morgan fingerprint density at radius 3 is 2.88 bits per heavy atom. The van der Waals surface area contributed by atoms with Crippen LogP contribution in [-0.2, 0) is 12.8 Å². The summed E-state index contributed by atoms with van der Waals surface area (Å²) in [6, 6.07) is 7.94. The highest BCUT2D eigenvalue weighted by molar-refractivity contribution is 5.45. The Labute approximate surface area is 141 Å². The topological polar surface area (TPSA) is 77.7 Å². The van der Waals surface area contributed by atoms with E-state index in [9.17, 15) is 0 Å². The van der Waals surface area contributed by atoms with Crippen LogP contribution in [0.1, 0.15) is 29.7 Å². The molecule has 3 heterocycles. The average molecular weight is 320 g/mol. The number of hydrogen-bond acceptors (Lipinski definition) is 6. The van der Waals surface area contributed by atoms with Gasteiger partial charge < -0.3 is 10.2 Å². The molecule has 0 atom stereocenters. The van der Waals surface area contributed by atoms with Crippen LogP contribution in [0.25, 0.3) is 0 Å². The Bertz CT molecular complexity index is 758. The number of nitriles is 1. The summed E-state index contributed by atoms with van der Waals surface area (Å²) in [5.74, 6) is 2.42. The fourth-order valence-corrected chi connectivity index (χ4v) is 3.33. The molecule has 2 aromatic heterocycles. The number of aromatic nitrogens is 3. The maximum Gasteiger partial charge on any atom is 0.151 e. The molecule has 6 nitrogen and oxygen atoms in total. The molecule has 0 amide bonds. The van der Waals surface area contributed by atoms with Gasteiger partial charge in [0.05, 0.1) is 11.3 Å². The molecule has 1 aliphatic carbocycles. The van der Waals surface area contributed by atoms with Gasteiger partial charge in [0.1, 0.15) is 11.9 Å². The highest BCUT2D eigenvalue weighted by Crippen LogP contribution is 2.26. The second-order valence-corrected chi connectivity index (χ2v) is 6.58. The minimum Gasteiger partial charge on any atom is -0.370 e. The molecule has 0 bridgehead atoms. The molecule has 4 rings (SSSR count). The standard InChI is InChI=1S/C18H20N6/c19-8-13-5-6-17(20-9-13)21-10-14-11-24(12-14)18-7-15-3-1-2-4-16(15)22-23-18/h5-7,9,14H,1-4,10-12H2,(H,20,21). The van der Waals surface area contributed by atoms with Crippen molar-refractivity contribution in [3.8, 4) is 6.07 Å². The Hall–Kier alpha value is -2.68. The Kier molecular flexibility index (Phi) is 3.99. The molecule has 0 spiro atoms. The van der Waals surface area contributed by atoms with E-state index in [1.54, 1.807) is 12.3 Å². The fraction of sp³-hybridized carbons (Fsp3) is 0.444. The van der Waals surface area contributed by atoms with E-state index in [2.05, 4.69) is 37.5 Å². The summed E-state index contributed by atoms with van der Waals surface area (Å²) in [6.07, 6.45) is 6.32. The van der Waals surface area contributed by atoms with Crippen molar-refractivity contribution in [3.05, 3.63) is 41.2 Å². The van der Waals surface area contributed by atoms with Gasteiger partial charge in [-0.25, -0.2) is 4.98 Å². The highest BCUT2D eigenvalue weighted by atomic mass is 15.3. The van der Waals surface area contributed by atoms with Crippen LogP contribution in [0.4, 0.5) is 11.6 Å². The summed E-state index contributed by atoms with van der Waals surface area (Å²) in [7, 11) is 0. The molecule has 1 saturated heterocycles. The van der Waals surface area contributed by atoms with Crippen LogP contribution in [0.2, 0.25) is 0 Å². The number of anilines is 2. The van der Waals surface area contributed by atoms with E-state index in [4.69, 9.17) is 5.26 Å². The number of hydrogen-bond donors (Lipinski definition) is 1. The minimum atomic E-state index is 0.584. The number of rotatable bonds is 4. The molecule has 1 N–H and O–H groups in total. The van der Waals surface area contributed by atoms with Gasteiger partial charge >= 0.3 is 0 Å². The van der Waals surface area contributed by atoms with Crippen LogP contribution in [-0.4, -0.2) is 34.8 Å². The third kappa shape index (κ3) is 3.02. The summed E-state index contributed by atoms with van der Waals surface area (Å²) in [5, 5.41) is 20.9. The van der Waals surface area contributed by atoms with Crippen molar-refractivity contribution in [2.45, 2.75) is 25.7 Å². The zero-order chi connectivity index (χ0) is 16.4. The lowest BCUT2D eigenvalue weighted by molar-refractivity contribution is 0.424. The normalized spacial score (nSPS) is 16.9. The third-order valence-electron chi connectivity index (χ3n) is 4.80. The van der Waals surface area contributed by atoms with Gasteiger partial charge in [-0.3, -0.25) is 0 Å². The van der Waals surface area contributed by atoms with Crippen molar-refractivity contribution in [2.75, 3.05) is 29.9 Å². The van der Waals surface area contributed by atoms with E-state index in [-0.39, 0.29) is 0 Å². The molecule has 0 unspecified atom stereocenters. The third-order valence-corrected chi connectivity index (χ3v) is 4.80. The molecule has 2 aliphatic rings. The molecular weight excluding hydrogens is 300 g/mol. The van der Waals surface area contributed by atoms with Crippen molar-refractivity contribution in [1.82, 2.24) is 15.2 Å². The zero-order valence-electron chi connectivity index (χ0n) is 13.6. The van der Waals surface area contributed by atoms with Crippen molar-refractivity contribution in [2.24, 2.45) is 5.92 Å². The van der Waals surface area contributed by atoms with Crippen LogP contribution in [0.15, 0.2) is 24.4 Å². The molecule has 24 heavy (non-hydrogen) atoms. The molecular formula is C18H20N6. The molecule has 122 valence electrons. The molecule has 6 heteroatoms. The summed E-state index contributed by atoms with van der Waals surface area (Å²) in [5.41, 5.74) is 3.16. The van der Waals surface area contributed by atoms with Gasteiger partial charge in [0, 0.05) is 31.7 Å². The lowest BCUT2D eigenvalue weighted by atomic mass is 9.95. The van der Waals surface area contributed by atoms with Gasteiger partial charge in [-0.15, -0.1) is 5.10 Å². The Morgan fingerprint density at radius 1 is 1.21 bits per heavy atom. The first-order valence-corrected chi connectivity index (χ1v) is 8.52. The van der Waals surface area contributed by atoms with E-state index in [1.807, 2.05) is 6.07 Å². The van der Waals surface area contributed by atoms with Gasteiger partial charge in [0.2, 0.25) is 0 Å². The van der Waals surface area contributed by atoms with Crippen LogP contribution >= 0.6 is 0 Å². The van der Waals surface area contributed by atoms with Crippen LogP contribution in [0, 0.1) is 17.2 Å². The average Bonchev–Trinajstić information content (AvgIpc) is 2.61. The molecule has 0 saturated carbocycles. The lowest BCUT2D eigenvalue weighted by Gasteiger charge is -2.40. The van der Waals surface area contributed by atoms with Gasteiger partial charge in [-0.2, -0.15) is 10.4 Å². The van der Waals surface area contributed by atoms with E-state index in [0.717, 1.165) is 44.1 Å². The summed E-state index contributed by atoms with van der Waals surface area (Å²) >= 11 is 0. The Morgan fingerprint density at radius 2 is 2.08 bits per heavy atom. The maximum atomic E-state index is 8.78. The predicted octanol–water partition coefficient (Wildman–Crippen LogP) is 2.17. The van der Waals surface area contributed by atoms with Crippen LogP contribution in [0.5, 0.6) is 0 Å². The first-order chi connectivity index (χ1) is 11.8. The number of nitrogens with zero attached hydrogens (tertiary/aromatic N) is 5. The molecule has 2 aromatic rings. The van der Waals surface area contributed by atoms with Crippen molar-refractivity contribution in [3.63, 3.8) is 0 Å². The monoisotopic (exact) mass is 320 g/mol. The second-order valence-electron chi connectivity index (χ2n) is 6.58. The SMILES string of the molecule is N#Cc1ccc(NCC2CN(c3cc4c(nn3)CCCC4)C2)nc1. The smallest absolute Gasteiger partial charge is 0.151 e. The van der Waals surface area contributed by atoms with Gasteiger partial charge in [0.25, 0.3) is 0 Å². The number of aryl methyl sites for hydroxylation is 2. The van der Waals surface area contributed by atoms with E-state index < -0.39 is 0 Å². The predicted molar refractivity (Wildman–Crippen MR) is 91.8 cm³/mol. The maximum absolute atomic E-state index is 8.78. The summed E-state index contributed by atoms with van der Waals surface area (Å²) in [6.45, 7) is 2.88. The van der Waals surface area contributed by atoms with Crippen LogP contribution in [0.3, 0.4) is 0 Å². The molecule has 1 fully saturated rings. The largest absolute Gasteiger partial charge is 0.370 e. The van der Waals surface area contributed by atoms with Gasteiger partial charge in [-0.05, 0) is 49.4 Å². The van der Waals surface area contributed by atoms with Gasteiger partial charge in [-0.1, -0.05) is 0 Å².